The first kappa shape index (κ1) is 15.2. The van der Waals surface area contributed by atoms with Gasteiger partial charge in [0, 0.05) is 22.0 Å². The number of hydrogen-bond acceptors (Lipinski definition) is 7. The quantitative estimate of drug-likeness (QED) is 0.521. The summed E-state index contributed by atoms with van der Waals surface area (Å²) in [5.41, 5.74) is 2.54. The lowest BCUT2D eigenvalue weighted by Gasteiger charge is -2.09. The maximum atomic E-state index is 5.42. The molecular weight excluding hydrogens is 342 g/mol. The molecule has 8 heteroatoms. The first-order valence-electron chi connectivity index (χ1n) is 6.11. The average molecular weight is 358 g/mol. The summed E-state index contributed by atoms with van der Waals surface area (Å²) in [6.07, 6.45) is 0. The number of rotatable bonds is 7. The van der Waals surface area contributed by atoms with Gasteiger partial charge < -0.3 is 15.5 Å². The van der Waals surface area contributed by atoms with E-state index >= 15 is 0 Å². The van der Waals surface area contributed by atoms with Crippen molar-refractivity contribution in [3.63, 3.8) is 0 Å². The SMILES string of the molecule is CCOCc1nc(NN)cc(NCc2sccc2Br)n1. The Bertz CT molecular complexity index is 563. The number of anilines is 2. The molecule has 0 aliphatic heterocycles. The van der Waals surface area contributed by atoms with Crippen LogP contribution in [0.2, 0.25) is 0 Å². The normalized spacial score (nSPS) is 10.6. The van der Waals surface area contributed by atoms with Gasteiger partial charge in [-0.3, -0.25) is 0 Å². The largest absolute Gasteiger partial charge is 0.374 e. The summed E-state index contributed by atoms with van der Waals surface area (Å²) < 4.78 is 6.41. The maximum absolute atomic E-state index is 5.42. The van der Waals surface area contributed by atoms with Crippen LogP contribution in [0.4, 0.5) is 11.6 Å². The third-order valence-corrected chi connectivity index (χ3v) is 4.40. The van der Waals surface area contributed by atoms with Gasteiger partial charge in [-0.15, -0.1) is 11.3 Å². The molecular formula is C12H16BrN5OS. The van der Waals surface area contributed by atoms with Crippen molar-refractivity contribution < 1.29 is 4.74 Å². The van der Waals surface area contributed by atoms with E-state index in [1.807, 2.05) is 18.4 Å². The van der Waals surface area contributed by atoms with Crippen LogP contribution in [0.25, 0.3) is 0 Å². The van der Waals surface area contributed by atoms with Crippen LogP contribution in [-0.4, -0.2) is 16.6 Å². The lowest BCUT2D eigenvalue weighted by Crippen LogP contribution is -2.12. The summed E-state index contributed by atoms with van der Waals surface area (Å²) in [6.45, 7) is 3.60. The van der Waals surface area contributed by atoms with Gasteiger partial charge in [0.25, 0.3) is 0 Å². The van der Waals surface area contributed by atoms with Crippen LogP contribution < -0.4 is 16.6 Å². The minimum Gasteiger partial charge on any atom is -0.374 e. The number of aromatic nitrogens is 2. The van der Waals surface area contributed by atoms with Gasteiger partial charge in [-0.1, -0.05) is 0 Å². The second kappa shape index (κ2) is 7.53. The van der Waals surface area contributed by atoms with E-state index in [1.165, 1.54) is 4.88 Å². The van der Waals surface area contributed by atoms with E-state index in [4.69, 9.17) is 10.6 Å². The monoisotopic (exact) mass is 357 g/mol. The fraction of sp³-hybridized carbons (Fsp3) is 0.333. The van der Waals surface area contributed by atoms with Gasteiger partial charge in [0.1, 0.15) is 18.2 Å². The summed E-state index contributed by atoms with van der Waals surface area (Å²) >= 11 is 5.18. The molecule has 20 heavy (non-hydrogen) atoms. The van der Waals surface area contributed by atoms with Crippen molar-refractivity contribution in [3.8, 4) is 0 Å². The number of nitrogens with one attached hydrogen (secondary N) is 2. The predicted molar refractivity (Wildman–Crippen MR) is 84.5 cm³/mol. The van der Waals surface area contributed by atoms with Gasteiger partial charge in [-0.25, -0.2) is 15.8 Å². The number of nitrogen functional groups attached to an aromatic ring is 1. The van der Waals surface area contributed by atoms with Crippen LogP contribution in [-0.2, 0) is 17.9 Å². The third-order valence-electron chi connectivity index (χ3n) is 2.48. The molecule has 2 aromatic rings. The summed E-state index contributed by atoms with van der Waals surface area (Å²) in [5.74, 6) is 7.28. The van der Waals surface area contributed by atoms with Crippen LogP contribution in [0.1, 0.15) is 17.6 Å². The van der Waals surface area contributed by atoms with Crippen molar-refractivity contribution in [1.29, 1.82) is 0 Å². The Morgan fingerprint density at radius 1 is 1.40 bits per heavy atom. The highest BCUT2D eigenvalue weighted by Gasteiger charge is 2.06. The summed E-state index contributed by atoms with van der Waals surface area (Å²) in [4.78, 5) is 9.83. The van der Waals surface area contributed by atoms with E-state index in [2.05, 4.69) is 36.6 Å². The Balaban J connectivity index is 2.07. The Morgan fingerprint density at radius 2 is 2.20 bits per heavy atom. The molecule has 0 amide bonds. The van der Waals surface area contributed by atoms with Gasteiger partial charge in [0.05, 0.1) is 6.54 Å². The fourth-order valence-electron chi connectivity index (χ4n) is 1.54. The average Bonchev–Trinajstić information content (AvgIpc) is 2.88. The zero-order valence-corrected chi connectivity index (χ0v) is 13.4. The van der Waals surface area contributed by atoms with Crippen molar-refractivity contribution in [2.75, 3.05) is 17.3 Å². The molecule has 0 atom stereocenters. The van der Waals surface area contributed by atoms with Crippen molar-refractivity contribution in [1.82, 2.24) is 9.97 Å². The number of hydrogen-bond donors (Lipinski definition) is 3. The number of ether oxygens (including phenoxy) is 1. The van der Waals surface area contributed by atoms with Gasteiger partial charge >= 0.3 is 0 Å². The highest BCUT2D eigenvalue weighted by Crippen LogP contribution is 2.23. The Morgan fingerprint density at radius 3 is 2.85 bits per heavy atom. The Labute approximate surface area is 129 Å². The number of halogens is 1. The number of nitrogens with two attached hydrogens (primary N) is 1. The van der Waals surface area contributed by atoms with Crippen LogP contribution in [0.5, 0.6) is 0 Å². The van der Waals surface area contributed by atoms with Gasteiger partial charge in [0.2, 0.25) is 0 Å². The van der Waals surface area contributed by atoms with E-state index < -0.39 is 0 Å². The number of hydrazine groups is 1. The first-order valence-corrected chi connectivity index (χ1v) is 7.78. The molecule has 0 aliphatic carbocycles. The van der Waals surface area contributed by atoms with Crippen LogP contribution >= 0.6 is 27.3 Å². The molecule has 108 valence electrons. The molecule has 2 aromatic heterocycles. The highest BCUT2D eigenvalue weighted by molar-refractivity contribution is 9.10. The maximum Gasteiger partial charge on any atom is 0.158 e. The Hall–Kier alpha value is -1.22. The molecule has 0 fully saturated rings. The molecule has 0 unspecified atom stereocenters. The molecule has 0 aromatic carbocycles. The second-order valence-electron chi connectivity index (χ2n) is 3.88. The third kappa shape index (κ3) is 4.14. The topological polar surface area (TPSA) is 85.1 Å². The number of thiophene rings is 1. The second-order valence-corrected chi connectivity index (χ2v) is 5.74. The standard InChI is InChI=1S/C12H16BrN5OS/c1-2-19-7-12-16-10(5-11(17-12)18-14)15-6-9-8(13)3-4-20-9/h3-5H,2,6-7,14H2,1H3,(H2,15,16,17,18). The Kier molecular flexibility index (Phi) is 5.72. The summed E-state index contributed by atoms with van der Waals surface area (Å²) in [5, 5.41) is 5.29. The molecule has 6 nitrogen and oxygen atoms in total. The molecule has 0 aliphatic rings. The molecule has 0 saturated heterocycles. The van der Waals surface area contributed by atoms with Crippen LogP contribution in [0, 0.1) is 0 Å². The van der Waals surface area contributed by atoms with Crippen molar-refractivity contribution in [3.05, 3.63) is 32.7 Å². The smallest absolute Gasteiger partial charge is 0.158 e. The summed E-state index contributed by atoms with van der Waals surface area (Å²) in [6, 6.07) is 3.78. The van der Waals surface area contributed by atoms with Crippen molar-refractivity contribution in [2.45, 2.75) is 20.1 Å². The molecule has 2 heterocycles. The highest BCUT2D eigenvalue weighted by atomic mass is 79.9. The van der Waals surface area contributed by atoms with Gasteiger partial charge in [0.15, 0.2) is 5.82 Å². The lowest BCUT2D eigenvalue weighted by atomic mass is 10.4. The predicted octanol–water partition coefficient (Wildman–Crippen LogP) is 2.73. The van der Waals surface area contributed by atoms with Crippen LogP contribution in [0.15, 0.2) is 22.0 Å². The molecule has 0 radical (unpaired) electrons. The van der Waals surface area contributed by atoms with Crippen molar-refractivity contribution >= 4 is 38.9 Å². The van der Waals surface area contributed by atoms with E-state index in [0.717, 1.165) is 4.47 Å². The van der Waals surface area contributed by atoms with E-state index in [-0.39, 0.29) is 0 Å². The fourth-order valence-corrected chi connectivity index (χ4v) is 2.97. The summed E-state index contributed by atoms with van der Waals surface area (Å²) in [7, 11) is 0. The molecule has 4 N–H and O–H groups in total. The molecule has 2 rings (SSSR count). The zero-order valence-electron chi connectivity index (χ0n) is 11.0. The molecule has 0 spiro atoms. The van der Waals surface area contributed by atoms with E-state index in [1.54, 1.807) is 17.4 Å². The molecule has 0 bridgehead atoms. The van der Waals surface area contributed by atoms with E-state index in [9.17, 15) is 0 Å². The lowest BCUT2D eigenvalue weighted by molar-refractivity contribution is 0.128. The van der Waals surface area contributed by atoms with Crippen molar-refractivity contribution in [2.24, 2.45) is 5.84 Å². The van der Waals surface area contributed by atoms with E-state index in [0.29, 0.717) is 37.2 Å². The van der Waals surface area contributed by atoms with Gasteiger partial charge in [-0.05, 0) is 34.3 Å². The van der Waals surface area contributed by atoms with Crippen LogP contribution in [0.3, 0.4) is 0 Å². The zero-order chi connectivity index (χ0) is 14.4. The van der Waals surface area contributed by atoms with Gasteiger partial charge in [-0.2, -0.15) is 0 Å². The number of nitrogens with zero attached hydrogens (tertiary/aromatic N) is 2. The first-order chi connectivity index (χ1) is 9.72. The minimum atomic E-state index is 0.364. The minimum absolute atomic E-state index is 0.364. The molecule has 0 saturated carbocycles.